The molecule has 0 aliphatic carbocycles. The first kappa shape index (κ1) is 18.4. The molecule has 0 unspecified atom stereocenters. The van der Waals surface area contributed by atoms with Crippen molar-refractivity contribution in [1.82, 2.24) is 20.8 Å². The first-order valence-electron chi connectivity index (χ1n) is 8.51. The van der Waals surface area contributed by atoms with Crippen LogP contribution in [0.3, 0.4) is 0 Å². The Morgan fingerprint density at radius 2 is 2.08 bits per heavy atom. The maximum atomic E-state index is 5.20. The van der Waals surface area contributed by atoms with Crippen LogP contribution in [0.25, 0.3) is 0 Å². The molecule has 0 atom stereocenters. The number of hydrogen-bond donors (Lipinski definition) is 2. The molecule has 2 heterocycles. The van der Waals surface area contributed by atoms with Gasteiger partial charge in [0.2, 0.25) is 0 Å². The number of nitrogens with one attached hydrogen (secondary N) is 2. The number of hydrogen-bond acceptors (Lipinski definition) is 5. The van der Waals surface area contributed by atoms with E-state index in [0.29, 0.717) is 0 Å². The molecule has 0 saturated carbocycles. The van der Waals surface area contributed by atoms with Crippen LogP contribution in [-0.4, -0.2) is 35.7 Å². The van der Waals surface area contributed by atoms with Crippen molar-refractivity contribution >= 4 is 17.3 Å². The number of nitrogens with zero attached hydrogens (tertiary/aromatic N) is 3. The van der Waals surface area contributed by atoms with E-state index in [0.717, 1.165) is 61.3 Å². The number of guanidine groups is 1. The van der Waals surface area contributed by atoms with Gasteiger partial charge in [-0.1, -0.05) is 12.1 Å². The molecule has 0 aliphatic rings. The van der Waals surface area contributed by atoms with Crippen LogP contribution >= 0.6 is 11.3 Å². The van der Waals surface area contributed by atoms with Gasteiger partial charge < -0.3 is 15.2 Å². The van der Waals surface area contributed by atoms with Crippen LogP contribution in [0.4, 0.5) is 0 Å². The molecule has 0 aromatic carbocycles. The standard InChI is InChI=1S/C17H27N5OS/c1-5-14-11-21-16(24-14)8-10-20-17(18-6-2)19-9-7-15-12(3)22-23-13(15)4/h11H,5-10H2,1-4H3,(H2,18,19,20). The highest BCUT2D eigenvalue weighted by Crippen LogP contribution is 2.14. The van der Waals surface area contributed by atoms with Crippen LogP contribution in [0.1, 0.15) is 40.7 Å². The van der Waals surface area contributed by atoms with E-state index in [4.69, 9.17) is 4.52 Å². The van der Waals surface area contributed by atoms with Crippen LogP contribution in [0.15, 0.2) is 15.7 Å². The number of aryl methyl sites for hydroxylation is 3. The van der Waals surface area contributed by atoms with Gasteiger partial charge in [-0.25, -0.2) is 4.98 Å². The lowest BCUT2D eigenvalue weighted by molar-refractivity contribution is 0.392. The normalized spacial score (nSPS) is 11.8. The lowest BCUT2D eigenvalue weighted by atomic mass is 10.1. The minimum atomic E-state index is 0.733. The number of aliphatic imine (C=N–C) groups is 1. The van der Waals surface area contributed by atoms with Crippen LogP contribution in [0.2, 0.25) is 0 Å². The minimum Gasteiger partial charge on any atom is -0.361 e. The van der Waals surface area contributed by atoms with Crippen LogP contribution in [0, 0.1) is 13.8 Å². The molecule has 0 aliphatic heterocycles. The van der Waals surface area contributed by atoms with Crippen LogP contribution in [0.5, 0.6) is 0 Å². The summed E-state index contributed by atoms with van der Waals surface area (Å²) in [4.78, 5) is 10.4. The van der Waals surface area contributed by atoms with E-state index in [1.807, 2.05) is 20.0 Å². The Kier molecular flexibility index (Phi) is 7.24. The van der Waals surface area contributed by atoms with Gasteiger partial charge in [0.15, 0.2) is 5.96 Å². The van der Waals surface area contributed by atoms with Gasteiger partial charge in [-0.2, -0.15) is 0 Å². The SMILES string of the molecule is CCNC(=NCCc1ncc(CC)s1)NCCc1c(C)noc1C. The fourth-order valence-electron chi connectivity index (χ4n) is 2.40. The zero-order chi connectivity index (χ0) is 17.4. The Morgan fingerprint density at radius 1 is 1.25 bits per heavy atom. The van der Waals surface area contributed by atoms with Gasteiger partial charge in [-0.15, -0.1) is 11.3 Å². The van der Waals surface area contributed by atoms with Gasteiger partial charge in [0.1, 0.15) is 5.76 Å². The summed E-state index contributed by atoms with van der Waals surface area (Å²) in [7, 11) is 0. The molecule has 6 nitrogen and oxygen atoms in total. The van der Waals surface area contributed by atoms with Crippen molar-refractivity contribution in [1.29, 1.82) is 0 Å². The molecule has 2 rings (SSSR count). The first-order chi connectivity index (χ1) is 11.6. The smallest absolute Gasteiger partial charge is 0.191 e. The molecule has 132 valence electrons. The zero-order valence-electron chi connectivity index (χ0n) is 15.0. The number of rotatable bonds is 8. The van der Waals surface area contributed by atoms with E-state index in [9.17, 15) is 0 Å². The average Bonchev–Trinajstić information content (AvgIpc) is 3.16. The van der Waals surface area contributed by atoms with Crippen LogP contribution < -0.4 is 10.6 Å². The van der Waals surface area contributed by atoms with Crippen molar-refractivity contribution in [3.63, 3.8) is 0 Å². The van der Waals surface area contributed by atoms with Gasteiger partial charge in [-0.3, -0.25) is 4.99 Å². The van der Waals surface area contributed by atoms with E-state index < -0.39 is 0 Å². The molecular formula is C17H27N5OS. The summed E-state index contributed by atoms with van der Waals surface area (Å²) in [6.45, 7) is 10.5. The molecule has 0 saturated heterocycles. The Labute approximate surface area is 147 Å². The molecule has 2 N–H and O–H groups in total. The minimum absolute atomic E-state index is 0.733. The second-order valence-electron chi connectivity index (χ2n) is 5.56. The van der Waals surface area contributed by atoms with Gasteiger partial charge in [0.05, 0.1) is 10.7 Å². The highest BCUT2D eigenvalue weighted by Gasteiger charge is 2.08. The highest BCUT2D eigenvalue weighted by atomic mass is 32.1. The summed E-state index contributed by atoms with van der Waals surface area (Å²) < 4.78 is 5.20. The lowest BCUT2D eigenvalue weighted by Crippen LogP contribution is -2.38. The first-order valence-corrected chi connectivity index (χ1v) is 9.33. The van der Waals surface area contributed by atoms with Crippen molar-refractivity contribution in [2.24, 2.45) is 4.99 Å². The van der Waals surface area contributed by atoms with E-state index in [1.165, 1.54) is 10.4 Å². The van der Waals surface area contributed by atoms with Gasteiger partial charge in [-0.05, 0) is 33.6 Å². The fourth-order valence-corrected chi connectivity index (χ4v) is 3.25. The highest BCUT2D eigenvalue weighted by molar-refractivity contribution is 7.11. The molecule has 0 spiro atoms. The van der Waals surface area contributed by atoms with E-state index in [2.05, 4.69) is 39.6 Å². The number of aromatic nitrogens is 2. The Bertz CT molecular complexity index is 642. The van der Waals surface area contributed by atoms with Crippen LogP contribution in [-0.2, 0) is 19.3 Å². The molecular weight excluding hydrogens is 322 g/mol. The summed E-state index contributed by atoms with van der Waals surface area (Å²) in [6.07, 6.45) is 4.77. The van der Waals surface area contributed by atoms with E-state index in [1.54, 1.807) is 11.3 Å². The van der Waals surface area contributed by atoms with Crippen molar-refractivity contribution in [3.05, 3.63) is 33.1 Å². The molecule has 24 heavy (non-hydrogen) atoms. The molecule has 0 fully saturated rings. The second-order valence-corrected chi connectivity index (χ2v) is 6.76. The largest absolute Gasteiger partial charge is 0.361 e. The third kappa shape index (κ3) is 5.33. The quantitative estimate of drug-likeness (QED) is 0.566. The van der Waals surface area contributed by atoms with E-state index >= 15 is 0 Å². The van der Waals surface area contributed by atoms with E-state index in [-0.39, 0.29) is 0 Å². The third-order valence-corrected chi connectivity index (χ3v) is 4.94. The molecule has 0 amide bonds. The maximum absolute atomic E-state index is 5.20. The average molecular weight is 350 g/mol. The van der Waals surface area contributed by atoms with Gasteiger partial charge >= 0.3 is 0 Å². The molecule has 7 heteroatoms. The van der Waals surface area contributed by atoms with Gasteiger partial charge in [0.25, 0.3) is 0 Å². The molecule has 0 bridgehead atoms. The molecule has 0 radical (unpaired) electrons. The van der Waals surface area contributed by atoms with Crippen molar-refractivity contribution in [2.45, 2.75) is 47.0 Å². The molecule has 2 aromatic heterocycles. The maximum Gasteiger partial charge on any atom is 0.191 e. The Morgan fingerprint density at radius 3 is 2.71 bits per heavy atom. The van der Waals surface area contributed by atoms with Gasteiger partial charge in [0, 0.05) is 42.7 Å². The van der Waals surface area contributed by atoms with Crippen molar-refractivity contribution < 1.29 is 4.52 Å². The lowest BCUT2D eigenvalue weighted by Gasteiger charge is -2.11. The summed E-state index contributed by atoms with van der Waals surface area (Å²) in [6, 6.07) is 0. The zero-order valence-corrected chi connectivity index (χ0v) is 15.8. The monoisotopic (exact) mass is 349 g/mol. The fraction of sp³-hybridized carbons (Fsp3) is 0.588. The summed E-state index contributed by atoms with van der Waals surface area (Å²) in [5.74, 6) is 1.74. The predicted molar refractivity (Wildman–Crippen MR) is 98.9 cm³/mol. The Balaban J connectivity index is 1.81. The second kappa shape index (κ2) is 9.42. The topological polar surface area (TPSA) is 75.3 Å². The van der Waals surface area contributed by atoms with Crippen molar-refractivity contribution in [3.8, 4) is 0 Å². The Hall–Kier alpha value is -1.89. The number of thiazole rings is 1. The third-order valence-electron chi connectivity index (χ3n) is 3.74. The summed E-state index contributed by atoms with van der Waals surface area (Å²) in [5, 5.41) is 11.8. The summed E-state index contributed by atoms with van der Waals surface area (Å²) >= 11 is 1.78. The van der Waals surface area contributed by atoms with Crippen molar-refractivity contribution in [2.75, 3.05) is 19.6 Å². The predicted octanol–water partition coefficient (Wildman–Crippen LogP) is 2.65. The summed E-state index contributed by atoms with van der Waals surface area (Å²) in [5.41, 5.74) is 2.14. The molecule has 2 aromatic rings.